The Labute approximate surface area is 127 Å². The minimum atomic E-state index is -0.175. The zero-order valence-electron chi connectivity index (χ0n) is 13.1. The molecule has 0 aliphatic carbocycles. The predicted molar refractivity (Wildman–Crippen MR) is 85.1 cm³/mol. The lowest BCUT2D eigenvalue weighted by molar-refractivity contribution is -0.142. The van der Waals surface area contributed by atoms with Gasteiger partial charge in [0.25, 0.3) is 0 Å². The number of carbonyl (C=O) groups is 1. The first-order valence-electron chi connectivity index (χ1n) is 8.18. The molecule has 2 atom stereocenters. The third-order valence-electron chi connectivity index (χ3n) is 5.47. The molecule has 114 valence electrons. The molecule has 2 aliphatic rings. The number of amides is 1. The van der Waals surface area contributed by atoms with E-state index in [2.05, 4.69) is 54.4 Å². The summed E-state index contributed by atoms with van der Waals surface area (Å²) in [5, 5.41) is 3.39. The smallest absolute Gasteiger partial charge is 0.230 e. The maximum absolute atomic E-state index is 13.1. The molecule has 2 unspecified atom stereocenters. The lowest BCUT2D eigenvalue weighted by Crippen LogP contribution is -2.47. The Kier molecular flexibility index (Phi) is 4.03. The average Bonchev–Trinajstić information content (AvgIpc) is 3.18. The molecule has 3 nitrogen and oxygen atoms in total. The van der Waals surface area contributed by atoms with E-state index in [0.29, 0.717) is 17.7 Å². The molecule has 1 N–H and O–H groups in total. The first-order valence-corrected chi connectivity index (χ1v) is 8.18. The topological polar surface area (TPSA) is 32.3 Å². The molecule has 0 bridgehead atoms. The van der Waals surface area contributed by atoms with Gasteiger partial charge < -0.3 is 10.2 Å². The van der Waals surface area contributed by atoms with Crippen molar-refractivity contribution in [3.05, 3.63) is 35.9 Å². The number of nitrogens with one attached hydrogen (secondary N) is 1. The number of hydrogen-bond acceptors (Lipinski definition) is 2. The molecule has 1 aromatic rings. The van der Waals surface area contributed by atoms with Gasteiger partial charge in [-0.2, -0.15) is 0 Å². The lowest BCUT2D eigenvalue weighted by atomic mass is 9.75. The van der Waals surface area contributed by atoms with E-state index in [1.807, 2.05) is 0 Å². The fraction of sp³-hybridized carbons (Fsp3) is 0.611. The molecule has 1 aromatic carbocycles. The number of carbonyl (C=O) groups excluding carboxylic acids is 1. The van der Waals surface area contributed by atoms with Crippen molar-refractivity contribution in [2.75, 3.05) is 26.2 Å². The molecule has 0 radical (unpaired) electrons. The summed E-state index contributed by atoms with van der Waals surface area (Å²) in [6.45, 7) is 7.99. The molecule has 1 amide bonds. The minimum absolute atomic E-state index is 0.175. The van der Waals surface area contributed by atoms with Crippen LogP contribution in [0, 0.1) is 11.3 Å². The van der Waals surface area contributed by atoms with Crippen molar-refractivity contribution in [1.29, 1.82) is 0 Å². The van der Waals surface area contributed by atoms with Gasteiger partial charge in [0, 0.05) is 25.6 Å². The third-order valence-corrected chi connectivity index (χ3v) is 5.47. The number of rotatable bonds is 3. The highest BCUT2D eigenvalue weighted by Gasteiger charge is 2.47. The van der Waals surface area contributed by atoms with E-state index in [0.717, 1.165) is 39.0 Å². The van der Waals surface area contributed by atoms with Crippen LogP contribution in [0.25, 0.3) is 0 Å². The van der Waals surface area contributed by atoms with Crippen LogP contribution in [0.3, 0.4) is 0 Å². The summed E-state index contributed by atoms with van der Waals surface area (Å²) in [6.07, 6.45) is 2.08. The molecule has 0 aromatic heterocycles. The zero-order valence-corrected chi connectivity index (χ0v) is 13.1. The van der Waals surface area contributed by atoms with E-state index >= 15 is 0 Å². The first kappa shape index (κ1) is 14.6. The van der Waals surface area contributed by atoms with Crippen LogP contribution in [-0.4, -0.2) is 37.0 Å². The fourth-order valence-corrected chi connectivity index (χ4v) is 3.89. The molecule has 3 heteroatoms. The molecule has 2 heterocycles. The SMILES string of the molecule is CC(C)C1(C(=O)N2CCC(c3ccccc3)C2)CCNC1. The van der Waals surface area contributed by atoms with Crippen LogP contribution >= 0.6 is 0 Å². The summed E-state index contributed by atoms with van der Waals surface area (Å²) < 4.78 is 0. The second-order valence-electron chi connectivity index (χ2n) is 6.89. The summed E-state index contributed by atoms with van der Waals surface area (Å²) in [5.74, 6) is 1.28. The molecule has 21 heavy (non-hydrogen) atoms. The van der Waals surface area contributed by atoms with Crippen molar-refractivity contribution in [3.8, 4) is 0 Å². The minimum Gasteiger partial charge on any atom is -0.342 e. The summed E-state index contributed by atoms with van der Waals surface area (Å²) >= 11 is 0. The molecule has 2 aliphatic heterocycles. The van der Waals surface area contributed by atoms with Gasteiger partial charge in [0.05, 0.1) is 5.41 Å². The maximum atomic E-state index is 13.1. The molecular formula is C18H26N2O. The van der Waals surface area contributed by atoms with Gasteiger partial charge in [-0.1, -0.05) is 44.2 Å². The monoisotopic (exact) mass is 286 g/mol. The molecular weight excluding hydrogens is 260 g/mol. The highest BCUT2D eigenvalue weighted by atomic mass is 16.2. The van der Waals surface area contributed by atoms with Crippen molar-refractivity contribution in [3.63, 3.8) is 0 Å². The van der Waals surface area contributed by atoms with E-state index < -0.39 is 0 Å². The van der Waals surface area contributed by atoms with E-state index in [9.17, 15) is 4.79 Å². The fourth-order valence-electron chi connectivity index (χ4n) is 3.89. The summed E-state index contributed by atoms with van der Waals surface area (Å²) in [5.41, 5.74) is 1.20. The third kappa shape index (κ3) is 2.59. The van der Waals surface area contributed by atoms with Crippen molar-refractivity contribution < 1.29 is 4.79 Å². The van der Waals surface area contributed by atoms with Crippen LogP contribution in [0.5, 0.6) is 0 Å². The van der Waals surface area contributed by atoms with Crippen LogP contribution in [0.15, 0.2) is 30.3 Å². The first-order chi connectivity index (χ1) is 10.1. The Hall–Kier alpha value is -1.35. The van der Waals surface area contributed by atoms with Crippen molar-refractivity contribution >= 4 is 5.91 Å². The molecule has 0 spiro atoms. The normalized spacial score (nSPS) is 29.3. The number of benzene rings is 1. The Morgan fingerprint density at radius 1 is 1.33 bits per heavy atom. The number of nitrogens with zero attached hydrogens (tertiary/aromatic N) is 1. The maximum Gasteiger partial charge on any atom is 0.230 e. The van der Waals surface area contributed by atoms with Crippen molar-refractivity contribution in [2.45, 2.75) is 32.6 Å². The number of likely N-dealkylation sites (tertiary alicyclic amines) is 1. The van der Waals surface area contributed by atoms with Crippen LogP contribution in [0.1, 0.15) is 38.2 Å². The molecule has 0 saturated carbocycles. The van der Waals surface area contributed by atoms with Gasteiger partial charge in [-0.25, -0.2) is 0 Å². The highest BCUT2D eigenvalue weighted by Crippen LogP contribution is 2.38. The quantitative estimate of drug-likeness (QED) is 0.926. The van der Waals surface area contributed by atoms with E-state index in [1.54, 1.807) is 0 Å². The summed E-state index contributed by atoms with van der Waals surface area (Å²) in [6, 6.07) is 10.6. The second kappa shape index (κ2) is 5.80. The molecule has 2 saturated heterocycles. The van der Waals surface area contributed by atoms with Gasteiger partial charge in [0.2, 0.25) is 5.91 Å². The second-order valence-corrected chi connectivity index (χ2v) is 6.89. The van der Waals surface area contributed by atoms with Gasteiger partial charge in [-0.05, 0) is 30.9 Å². The van der Waals surface area contributed by atoms with Crippen LogP contribution in [0.4, 0.5) is 0 Å². The summed E-state index contributed by atoms with van der Waals surface area (Å²) in [4.78, 5) is 15.2. The van der Waals surface area contributed by atoms with Gasteiger partial charge in [-0.15, -0.1) is 0 Å². The Morgan fingerprint density at radius 3 is 2.71 bits per heavy atom. The van der Waals surface area contributed by atoms with Crippen LogP contribution in [-0.2, 0) is 4.79 Å². The molecule has 2 fully saturated rings. The average molecular weight is 286 g/mol. The predicted octanol–water partition coefficient (Wildman–Crippen LogP) is 2.64. The lowest BCUT2D eigenvalue weighted by Gasteiger charge is -2.35. The zero-order chi connectivity index (χ0) is 14.9. The van der Waals surface area contributed by atoms with E-state index in [4.69, 9.17) is 0 Å². The van der Waals surface area contributed by atoms with Crippen LogP contribution < -0.4 is 5.32 Å². The van der Waals surface area contributed by atoms with Gasteiger partial charge in [0.1, 0.15) is 0 Å². The Balaban J connectivity index is 1.72. The standard InChI is InChI=1S/C18H26N2O/c1-14(2)18(9-10-19-13-18)17(21)20-11-8-16(12-20)15-6-4-3-5-7-15/h3-7,14,16,19H,8-13H2,1-2H3. The number of hydrogen-bond donors (Lipinski definition) is 1. The van der Waals surface area contributed by atoms with Gasteiger partial charge >= 0.3 is 0 Å². The Morgan fingerprint density at radius 2 is 2.10 bits per heavy atom. The van der Waals surface area contributed by atoms with E-state index in [-0.39, 0.29) is 5.41 Å². The van der Waals surface area contributed by atoms with E-state index in [1.165, 1.54) is 5.56 Å². The van der Waals surface area contributed by atoms with Crippen molar-refractivity contribution in [2.24, 2.45) is 11.3 Å². The highest BCUT2D eigenvalue weighted by molar-refractivity contribution is 5.84. The summed E-state index contributed by atoms with van der Waals surface area (Å²) in [7, 11) is 0. The Bertz CT molecular complexity index is 491. The van der Waals surface area contributed by atoms with Crippen molar-refractivity contribution in [1.82, 2.24) is 10.2 Å². The molecule has 3 rings (SSSR count). The van der Waals surface area contributed by atoms with Gasteiger partial charge in [-0.3, -0.25) is 4.79 Å². The largest absolute Gasteiger partial charge is 0.342 e. The van der Waals surface area contributed by atoms with Gasteiger partial charge in [0.15, 0.2) is 0 Å². The van der Waals surface area contributed by atoms with Crippen LogP contribution in [0.2, 0.25) is 0 Å².